The Kier molecular flexibility index (Phi) is 6.81. The van der Waals surface area contributed by atoms with Crippen LogP contribution in [0.1, 0.15) is 48.3 Å². The molecule has 0 radical (unpaired) electrons. The van der Waals surface area contributed by atoms with Crippen LogP contribution in [0.15, 0.2) is 53.2 Å². The highest BCUT2D eigenvalue weighted by molar-refractivity contribution is 5.73. The molecule has 0 saturated heterocycles. The van der Waals surface area contributed by atoms with Gasteiger partial charge in [0.05, 0.1) is 5.69 Å². The molecule has 29 heavy (non-hydrogen) atoms. The van der Waals surface area contributed by atoms with Gasteiger partial charge in [0.15, 0.2) is 0 Å². The lowest BCUT2D eigenvalue weighted by Crippen LogP contribution is -2.33. The highest BCUT2D eigenvalue weighted by Crippen LogP contribution is 2.32. The van der Waals surface area contributed by atoms with E-state index in [1.807, 2.05) is 6.21 Å². The summed E-state index contributed by atoms with van der Waals surface area (Å²) in [5.74, 6) is 0. The lowest BCUT2D eigenvalue weighted by Gasteiger charge is -2.30. The number of allylic oxidation sites excluding steroid dienone is 2. The van der Waals surface area contributed by atoms with Crippen molar-refractivity contribution in [3.63, 3.8) is 0 Å². The van der Waals surface area contributed by atoms with Crippen LogP contribution >= 0.6 is 0 Å². The molecular weight excluding hydrogens is 354 g/mol. The standard InChI is InChI=1S/C26H33N3/c1-7-18(2)10-12-27-22(6)16-29-13-11-24-25(15-21(5)28-26(24)17-29)23-9-8-19(3)14-20(23)4/h8-10,12,14-15H,6-7,11,13,16-17H2,1-5H3/b18-10+,27-12?. The maximum absolute atomic E-state index is 4.88. The van der Waals surface area contributed by atoms with Gasteiger partial charge in [0, 0.05) is 37.2 Å². The van der Waals surface area contributed by atoms with E-state index in [0.717, 1.165) is 43.9 Å². The van der Waals surface area contributed by atoms with E-state index in [9.17, 15) is 0 Å². The second-order valence-corrected chi connectivity index (χ2v) is 8.23. The predicted molar refractivity (Wildman–Crippen MR) is 125 cm³/mol. The maximum Gasteiger partial charge on any atom is 0.0585 e. The Balaban J connectivity index is 1.79. The second-order valence-electron chi connectivity index (χ2n) is 8.23. The van der Waals surface area contributed by atoms with Crippen molar-refractivity contribution >= 4 is 6.21 Å². The van der Waals surface area contributed by atoms with Crippen molar-refractivity contribution in [2.45, 2.75) is 54.0 Å². The first-order valence-electron chi connectivity index (χ1n) is 10.5. The fourth-order valence-electron chi connectivity index (χ4n) is 3.91. The molecule has 2 aromatic rings. The molecule has 152 valence electrons. The van der Waals surface area contributed by atoms with Gasteiger partial charge < -0.3 is 0 Å². The number of aliphatic imine (C=N–C) groups is 1. The number of aryl methyl sites for hydroxylation is 3. The minimum absolute atomic E-state index is 0.781. The first kappa shape index (κ1) is 21.2. The smallest absolute Gasteiger partial charge is 0.0585 e. The molecule has 0 aliphatic carbocycles. The zero-order chi connectivity index (χ0) is 21.0. The minimum atomic E-state index is 0.781. The summed E-state index contributed by atoms with van der Waals surface area (Å²) in [6, 6.07) is 8.98. The third kappa shape index (κ3) is 5.30. The molecule has 1 aliphatic rings. The van der Waals surface area contributed by atoms with Crippen molar-refractivity contribution in [2.24, 2.45) is 4.99 Å². The molecule has 1 aromatic carbocycles. The minimum Gasteiger partial charge on any atom is -0.291 e. The Labute approximate surface area is 175 Å². The number of benzene rings is 1. The van der Waals surface area contributed by atoms with Gasteiger partial charge in [0.2, 0.25) is 0 Å². The monoisotopic (exact) mass is 387 g/mol. The van der Waals surface area contributed by atoms with Crippen LogP contribution in [-0.2, 0) is 13.0 Å². The Morgan fingerprint density at radius 3 is 2.72 bits per heavy atom. The molecule has 3 heteroatoms. The number of rotatable bonds is 6. The summed E-state index contributed by atoms with van der Waals surface area (Å²) in [6.07, 6.45) is 6.00. The summed E-state index contributed by atoms with van der Waals surface area (Å²) in [5.41, 5.74) is 11.2. The summed E-state index contributed by atoms with van der Waals surface area (Å²) in [5, 5.41) is 0. The van der Waals surface area contributed by atoms with E-state index in [2.05, 4.69) is 81.4 Å². The molecule has 0 bridgehead atoms. The van der Waals surface area contributed by atoms with Crippen LogP contribution in [0.25, 0.3) is 11.1 Å². The molecule has 0 saturated carbocycles. The second kappa shape index (κ2) is 9.32. The van der Waals surface area contributed by atoms with Crippen LogP contribution < -0.4 is 0 Å². The van der Waals surface area contributed by atoms with E-state index in [0.29, 0.717) is 0 Å². The highest BCUT2D eigenvalue weighted by atomic mass is 15.1. The topological polar surface area (TPSA) is 28.5 Å². The van der Waals surface area contributed by atoms with Crippen molar-refractivity contribution < 1.29 is 0 Å². The van der Waals surface area contributed by atoms with Gasteiger partial charge in [-0.2, -0.15) is 0 Å². The van der Waals surface area contributed by atoms with Gasteiger partial charge in [-0.05, 0) is 74.9 Å². The van der Waals surface area contributed by atoms with Crippen LogP contribution in [0.3, 0.4) is 0 Å². The molecule has 2 heterocycles. The SMILES string of the molecule is C=C(CN1CCc2c(-c3ccc(C)cc3C)cc(C)nc2C1)N=C/C=C(\C)CC. The first-order chi connectivity index (χ1) is 13.9. The zero-order valence-corrected chi connectivity index (χ0v) is 18.5. The number of aromatic nitrogens is 1. The predicted octanol–water partition coefficient (Wildman–Crippen LogP) is 5.97. The summed E-state index contributed by atoms with van der Waals surface area (Å²) in [4.78, 5) is 11.8. The summed E-state index contributed by atoms with van der Waals surface area (Å²) in [6.45, 7) is 17.5. The molecule has 0 spiro atoms. The number of nitrogens with zero attached hydrogens (tertiary/aromatic N) is 3. The van der Waals surface area contributed by atoms with E-state index >= 15 is 0 Å². The summed E-state index contributed by atoms with van der Waals surface area (Å²) in [7, 11) is 0. The quantitative estimate of drug-likeness (QED) is 0.571. The number of hydrogen-bond donors (Lipinski definition) is 0. The Morgan fingerprint density at radius 2 is 2.00 bits per heavy atom. The Hall–Kier alpha value is -2.52. The molecule has 0 unspecified atom stereocenters. The lowest BCUT2D eigenvalue weighted by atomic mass is 9.90. The van der Waals surface area contributed by atoms with E-state index < -0.39 is 0 Å². The Bertz CT molecular complexity index is 966. The van der Waals surface area contributed by atoms with E-state index in [-0.39, 0.29) is 0 Å². The van der Waals surface area contributed by atoms with Crippen LogP contribution in [0.4, 0.5) is 0 Å². The molecule has 0 fully saturated rings. The van der Waals surface area contributed by atoms with Gasteiger partial charge in [-0.3, -0.25) is 14.9 Å². The van der Waals surface area contributed by atoms with E-state index in [1.165, 1.54) is 39.1 Å². The van der Waals surface area contributed by atoms with Crippen LogP contribution in [0.2, 0.25) is 0 Å². The molecule has 3 rings (SSSR count). The van der Waals surface area contributed by atoms with Gasteiger partial charge in [-0.25, -0.2) is 0 Å². The maximum atomic E-state index is 4.88. The van der Waals surface area contributed by atoms with Gasteiger partial charge in [-0.15, -0.1) is 0 Å². The molecule has 0 atom stereocenters. The summed E-state index contributed by atoms with van der Waals surface area (Å²) < 4.78 is 0. The molecular formula is C26H33N3. The van der Waals surface area contributed by atoms with Gasteiger partial charge >= 0.3 is 0 Å². The third-order valence-corrected chi connectivity index (χ3v) is 5.64. The number of pyridine rings is 1. The van der Waals surface area contributed by atoms with Crippen LogP contribution in [0.5, 0.6) is 0 Å². The van der Waals surface area contributed by atoms with Crippen LogP contribution in [-0.4, -0.2) is 29.2 Å². The van der Waals surface area contributed by atoms with E-state index in [1.54, 1.807) is 0 Å². The van der Waals surface area contributed by atoms with Crippen LogP contribution in [0, 0.1) is 20.8 Å². The fraction of sp³-hybridized carbons (Fsp3) is 0.385. The van der Waals surface area contributed by atoms with Crippen molar-refractivity contribution in [1.82, 2.24) is 9.88 Å². The van der Waals surface area contributed by atoms with Crippen molar-refractivity contribution in [3.8, 4) is 11.1 Å². The first-order valence-corrected chi connectivity index (χ1v) is 10.5. The average molecular weight is 388 g/mol. The van der Waals surface area contributed by atoms with Gasteiger partial charge in [0.1, 0.15) is 0 Å². The average Bonchev–Trinajstić information content (AvgIpc) is 2.67. The Morgan fingerprint density at radius 1 is 1.21 bits per heavy atom. The van der Waals surface area contributed by atoms with Gasteiger partial charge in [0.25, 0.3) is 0 Å². The zero-order valence-electron chi connectivity index (χ0n) is 18.5. The number of hydrogen-bond acceptors (Lipinski definition) is 3. The highest BCUT2D eigenvalue weighted by Gasteiger charge is 2.22. The van der Waals surface area contributed by atoms with Crippen molar-refractivity contribution in [1.29, 1.82) is 0 Å². The lowest BCUT2D eigenvalue weighted by molar-refractivity contribution is 0.271. The number of fused-ring (bicyclic) bond motifs is 1. The summed E-state index contributed by atoms with van der Waals surface area (Å²) >= 11 is 0. The fourth-order valence-corrected chi connectivity index (χ4v) is 3.91. The molecule has 1 aromatic heterocycles. The molecule has 3 nitrogen and oxygen atoms in total. The molecule has 0 amide bonds. The van der Waals surface area contributed by atoms with Crippen molar-refractivity contribution in [2.75, 3.05) is 13.1 Å². The molecule has 0 N–H and O–H groups in total. The third-order valence-electron chi connectivity index (χ3n) is 5.64. The van der Waals surface area contributed by atoms with Gasteiger partial charge in [-0.1, -0.05) is 42.8 Å². The normalized spacial score (nSPS) is 15.0. The van der Waals surface area contributed by atoms with E-state index in [4.69, 9.17) is 4.98 Å². The van der Waals surface area contributed by atoms with Crippen molar-refractivity contribution in [3.05, 3.63) is 76.3 Å². The largest absolute Gasteiger partial charge is 0.291 e. The molecule has 1 aliphatic heterocycles.